The zero-order valence-corrected chi connectivity index (χ0v) is 18.2. The Hall–Kier alpha value is -1.34. The molecule has 1 saturated carbocycles. The molecule has 0 radical (unpaired) electrons. The Morgan fingerprint density at radius 3 is 2.55 bits per heavy atom. The molecule has 2 heterocycles. The summed E-state index contributed by atoms with van der Waals surface area (Å²) in [5, 5.41) is 6.36. The van der Waals surface area contributed by atoms with E-state index < -0.39 is 0 Å². The number of urea groups is 1. The zero-order chi connectivity index (χ0) is 20.5. The van der Waals surface area contributed by atoms with Gasteiger partial charge in [0.1, 0.15) is 13.1 Å². The smallest absolute Gasteiger partial charge is 0.317 e. The lowest BCUT2D eigenvalue weighted by Gasteiger charge is -2.39. The number of quaternary nitrogens is 1. The molecule has 7 nitrogen and oxygen atoms in total. The maximum atomic E-state index is 12.7. The van der Waals surface area contributed by atoms with Crippen molar-refractivity contribution in [2.45, 2.75) is 64.3 Å². The van der Waals surface area contributed by atoms with Crippen LogP contribution in [0.5, 0.6) is 0 Å². The molecule has 0 aromatic carbocycles. The molecule has 7 heteroatoms. The fraction of sp³-hybridized carbons (Fsp3) is 0.909. The molecular formula is C22H41N4O3+. The number of morpholine rings is 1. The maximum Gasteiger partial charge on any atom is 0.317 e. The molecule has 3 aliphatic rings. The number of amides is 3. The Bertz CT molecular complexity index is 518. The summed E-state index contributed by atoms with van der Waals surface area (Å²) in [6, 6.07) is 0.458. The van der Waals surface area contributed by atoms with E-state index in [0.29, 0.717) is 24.3 Å². The minimum absolute atomic E-state index is 0.103. The summed E-state index contributed by atoms with van der Waals surface area (Å²) >= 11 is 0. The second-order valence-corrected chi connectivity index (χ2v) is 9.11. The van der Waals surface area contributed by atoms with E-state index in [2.05, 4.69) is 17.6 Å². The standard InChI is InChI=1S/C22H40N4O3/c1-2-18-17-26(22(28)24-20-6-4-3-5-7-20)10-8-19(18)16-21(27)23-9-11-25-12-14-29-15-13-25/h18-20H,2-17H2,1H3,(H,23,27)(H,24,28)/p+1/t18-,19-/m0/s1. The third kappa shape index (κ3) is 7.14. The Balaban J connectivity index is 1.37. The molecule has 0 aromatic heterocycles. The van der Waals surface area contributed by atoms with Gasteiger partial charge in [0.15, 0.2) is 0 Å². The monoisotopic (exact) mass is 409 g/mol. The number of likely N-dealkylation sites (tertiary alicyclic amines) is 1. The zero-order valence-electron chi connectivity index (χ0n) is 18.2. The number of carbonyl (C=O) groups is 2. The van der Waals surface area contributed by atoms with E-state index in [1.807, 2.05) is 4.90 Å². The van der Waals surface area contributed by atoms with Crippen molar-refractivity contribution in [2.24, 2.45) is 11.8 Å². The molecule has 3 amide bonds. The highest BCUT2D eigenvalue weighted by molar-refractivity contribution is 5.76. The van der Waals surface area contributed by atoms with E-state index in [9.17, 15) is 9.59 Å². The Labute approximate surface area is 175 Å². The molecule has 2 aliphatic heterocycles. The fourth-order valence-corrected chi connectivity index (χ4v) is 5.11. The summed E-state index contributed by atoms with van der Waals surface area (Å²) in [6.45, 7) is 9.18. The van der Waals surface area contributed by atoms with Crippen molar-refractivity contribution in [3.8, 4) is 0 Å². The van der Waals surface area contributed by atoms with Crippen molar-refractivity contribution in [1.29, 1.82) is 0 Å². The SMILES string of the molecule is CC[C@H]1CN(C(=O)NC2CCCCC2)CC[C@H]1CC(=O)NCC[NH+]1CCOCC1. The van der Waals surface area contributed by atoms with E-state index in [1.54, 1.807) is 0 Å². The molecule has 0 unspecified atom stereocenters. The summed E-state index contributed by atoms with van der Waals surface area (Å²) in [4.78, 5) is 28.6. The van der Waals surface area contributed by atoms with Crippen molar-refractivity contribution in [2.75, 3.05) is 52.5 Å². The van der Waals surface area contributed by atoms with Gasteiger partial charge in [0.2, 0.25) is 5.91 Å². The van der Waals surface area contributed by atoms with Gasteiger partial charge < -0.3 is 25.2 Å². The third-order valence-corrected chi connectivity index (χ3v) is 7.08. The number of piperidine rings is 1. The number of nitrogens with one attached hydrogen (secondary N) is 3. The molecule has 29 heavy (non-hydrogen) atoms. The first-order chi connectivity index (χ1) is 14.2. The molecule has 0 bridgehead atoms. The van der Waals surface area contributed by atoms with Crippen LogP contribution in [0, 0.1) is 11.8 Å². The number of carbonyl (C=O) groups excluding carboxylic acids is 2. The van der Waals surface area contributed by atoms with Crippen LogP contribution in [0.1, 0.15) is 58.3 Å². The van der Waals surface area contributed by atoms with Gasteiger partial charge in [0.05, 0.1) is 26.3 Å². The van der Waals surface area contributed by atoms with E-state index in [0.717, 1.165) is 78.2 Å². The normalized spacial score (nSPS) is 26.9. The van der Waals surface area contributed by atoms with Crippen molar-refractivity contribution in [3.63, 3.8) is 0 Å². The minimum Gasteiger partial charge on any atom is -0.370 e. The third-order valence-electron chi connectivity index (χ3n) is 7.08. The van der Waals surface area contributed by atoms with Crippen molar-refractivity contribution < 1.29 is 19.2 Å². The van der Waals surface area contributed by atoms with Crippen LogP contribution in [0.3, 0.4) is 0 Å². The molecule has 1 aliphatic carbocycles. The largest absolute Gasteiger partial charge is 0.370 e. The first kappa shape index (κ1) is 22.3. The van der Waals surface area contributed by atoms with Gasteiger partial charge in [-0.15, -0.1) is 0 Å². The number of hydrogen-bond donors (Lipinski definition) is 3. The molecule has 166 valence electrons. The van der Waals surface area contributed by atoms with Crippen molar-refractivity contribution in [1.82, 2.24) is 15.5 Å². The lowest BCUT2D eigenvalue weighted by atomic mass is 9.81. The topological polar surface area (TPSA) is 75.1 Å². The molecule has 3 rings (SSSR count). The van der Waals surface area contributed by atoms with Crippen LogP contribution in [0.2, 0.25) is 0 Å². The van der Waals surface area contributed by atoms with Crippen LogP contribution in [-0.4, -0.2) is 75.4 Å². The molecular weight excluding hydrogens is 368 g/mol. The first-order valence-electron chi connectivity index (χ1n) is 11.9. The number of rotatable bonds is 7. The first-order valence-corrected chi connectivity index (χ1v) is 11.9. The van der Waals surface area contributed by atoms with Crippen molar-refractivity contribution >= 4 is 11.9 Å². The fourth-order valence-electron chi connectivity index (χ4n) is 5.11. The highest BCUT2D eigenvalue weighted by Crippen LogP contribution is 2.29. The average molecular weight is 410 g/mol. The van der Waals surface area contributed by atoms with E-state index in [4.69, 9.17) is 4.74 Å². The van der Waals surface area contributed by atoms with Gasteiger partial charge >= 0.3 is 6.03 Å². The Morgan fingerprint density at radius 2 is 1.83 bits per heavy atom. The minimum atomic E-state index is 0.103. The quantitative estimate of drug-likeness (QED) is 0.582. The summed E-state index contributed by atoms with van der Waals surface area (Å²) in [5.74, 6) is 0.965. The number of nitrogens with zero attached hydrogens (tertiary/aromatic N) is 1. The number of ether oxygens (including phenoxy) is 1. The van der Waals surface area contributed by atoms with Gasteiger partial charge in [-0.1, -0.05) is 32.6 Å². The number of hydrogen-bond acceptors (Lipinski definition) is 3. The van der Waals surface area contributed by atoms with Gasteiger partial charge in [-0.3, -0.25) is 4.79 Å². The van der Waals surface area contributed by atoms with Crippen LogP contribution < -0.4 is 15.5 Å². The van der Waals surface area contributed by atoms with Crippen LogP contribution in [0.25, 0.3) is 0 Å². The van der Waals surface area contributed by atoms with Gasteiger partial charge in [0, 0.05) is 25.6 Å². The molecule has 0 aromatic rings. The van der Waals surface area contributed by atoms with Gasteiger partial charge in [-0.05, 0) is 31.1 Å². The molecule has 3 N–H and O–H groups in total. The van der Waals surface area contributed by atoms with E-state index >= 15 is 0 Å². The average Bonchev–Trinajstić information content (AvgIpc) is 2.75. The summed E-state index contributed by atoms with van der Waals surface area (Å²) in [6.07, 6.45) is 8.53. The van der Waals surface area contributed by atoms with Crippen LogP contribution >= 0.6 is 0 Å². The second kappa shape index (κ2) is 11.7. The molecule has 2 atom stereocenters. The van der Waals surface area contributed by atoms with Gasteiger partial charge in [0.25, 0.3) is 0 Å². The summed E-state index contributed by atoms with van der Waals surface area (Å²) in [5.41, 5.74) is 0. The summed E-state index contributed by atoms with van der Waals surface area (Å²) < 4.78 is 5.38. The Morgan fingerprint density at radius 1 is 1.07 bits per heavy atom. The van der Waals surface area contributed by atoms with Crippen molar-refractivity contribution in [3.05, 3.63) is 0 Å². The van der Waals surface area contributed by atoms with Gasteiger partial charge in [-0.25, -0.2) is 4.79 Å². The lowest BCUT2D eigenvalue weighted by Crippen LogP contribution is -3.14. The second-order valence-electron chi connectivity index (χ2n) is 9.11. The van der Waals surface area contributed by atoms with Crippen LogP contribution in [0.4, 0.5) is 4.79 Å². The van der Waals surface area contributed by atoms with E-state index in [1.165, 1.54) is 24.2 Å². The molecule has 2 saturated heterocycles. The van der Waals surface area contributed by atoms with Crippen LogP contribution in [0.15, 0.2) is 0 Å². The highest BCUT2D eigenvalue weighted by atomic mass is 16.5. The molecule has 0 spiro atoms. The van der Waals surface area contributed by atoms with E-state index in [-0.39, 0.29) is 11.9 Å². The maximum absolute atomic E-state index is 12.7. The molecule has 3 fully saturated rings. The summed E-state index contributed by atoms with van der Waals surface area (Å²) in [7, 11) is 0. The Kier molecular flexibility index (Phi) is 9.05. The predicted molar refractivity (Wildman–Crippen MR) is 113 cm³/mol. The predicted octanol–water partition coefficient (Wildman–Crippen LogP) is 0.798. The highest BCUT2D eigenvalue weighted by Gasteiger charge is 2.32. The lowest BCUT2D eigenvalue weighted by molar-refractivity contribution is -0.906. The van der Waals surface area contributed by atoms with Crippen LogP contribution in [-0.2, 0) is 9.53 Å². The van der Waals surface area contributed by atoms with Gasteiger partial charge in [-0.2, -0.15) is 0 Å².